The van der Waals surface area contributed by atoms with Gasteiger partial charge in [-0.1, -0.05) is 13.8 Å². The molecule has 5 fully saturated rings. The van der Waals surface area contributed by atoms with Crippen molar-refractivity contribution in [3.05, 3.63) is 11.6 Å². The Labute approximate surface area is 226 Å². The number of aliphatic hydroxyl groups is 3. The lowest BCUT2D eigenvalue weighted by molar-refractivity contribution is -0.304. The molecule has 0 aromatic rings. The lowest BCUT2D eigenvalue weighted by atomic mass is 9.41. The Morgan fingerprint density at radius 1 is 1.03 bits per heavy atom. The first-order chi connectivity index (χ1) is 18.0. The van der Waals surface area contributed by atoms with E-state index in [0.29, 0.717) is 43.8 Å². The molecule has 12 atom stereocenters. The quantitative estimate of drug-likeness (QED) is 0.372. The van der Waals surface area contributed by atoms with E-state index < -0.39 is 29.0 Å². The number of rotatable bonds is 4. The molecule has 8 nitrogen and oxygen atoms in total. The van der Waals surface area contributed by atoms with Crippen LogP contribution in [0.15, 0.2) is 11.6 Å². The molecule has 0 radical (unpaired) electrons. The molecule has 2 heterocycles. The van der Waals surface area contributed by atoms with Crippen LogP contribution in [0.25, 0.3) is 0 Å². The van der Waals surface area contributed by atoms with Gasteiger partial charge in [0.2, 0.25) is 0 Å². The van der Waals surface area contributed by atoms with Gasteiger partial charge in [0.1, 0.15) is 12.7 Å². The first kappa shape index (κ1) is 27.2. The minimum absolute atomic E-state index is 0.00926. The number of cyclic esters (lactones) is 1. The van der Waals surface area contributed by atoms with Gasteiger partial charge in [-0.25, -0.2) is 4.79 Å². The van der Waals surface area contributed by atoms with Gasteiger partial charge in [0.15, 0.2) is 6.29 Å². The lowest BCUT2D eigenvalue weighted by Gasteiger charge is -2.67. The standard InChI is InChI=1S/C30H46O8/c1-17-25(31)22(35-4)16-24(37-17)38-19-6-10-27(2)18(15-19)5-12-29(33)23(27)8-11-28(3)21(7-13-30(28,29)34)20-9-14-36-26(20)32/h9,17-19,21-25,31,33-34H,5-8,10-16H2,1-4H3/t17-,18-,19+,21-,22-,23-,24+,25+,27+,28-,29+,30-/m1/s1. The summed E-state index contributed by atoms with van der Waals surface area (Å²) in [6.45, 7) is 6.59. The van der Waals surface area contributed by atoms with E-state index in [1.165, 1.54) is 0 Å². The SMILES string of the molecule is CO[C@@H]1C[C@H](O[C@H]2CC[C@@]3(C)[C@H](CC[C@]4(O)[C@@H]3CC[C@]3(C)[C@@H](C5=CCOC5=O)CC[C@@]34O)C2)O[C@H](C)[C@@H]1O. The van der Waals surface area contributed by atoms with E-state index in [9.17, 15) is 20.1 Å². The third kappa shape index (κ3) is 3.66. The summed E-state index contributed by atoms with van der Waals surface area (Å²) in [5, 5.41) is 35.2. The predicted molar refractivity (Wildman–Crippen MR) is 138 cm³/mol. The van der Waals surface area contributed by atoms with E-state index in [-0.39, 0.29) is 41.5 Å². The van der Waals surface area contributed by atoms with Gasteiger partial charge in [0.05, 0.1) is 29.5 Å². The minimum Gasteiger partial charge on any atom is -0.458 e. The maximum absolute atomic E-state index is 12.5. The van der Waals surface area contributed by atoms with Gasteiger partial charge < -0.3 is 34.3 Å². The summed E-state index contributed by atoms with van der Waals surface area (Å²) in [6, 6.07) is 0. The molecule has 3 N–H and O–H groups in total. The summed E-state index contributed by atoms with van der Waals surface area (Å²) in [4.78, 5) is 12.5. The predicted octanol–water partition coefficient (Wildman–Crippen LogP) is 3.25. The highest BCUT2D eigenvalue weighted by atomic mass is 16.7. The van der Waals surface area contributed by atoms with E-state index in [1.807, 2.05) is 13.0 Å². The van der Waals surface area contributed by atoms with E-state index in [1.54, 1.807) is 7.11 Å². The second kappa shape index (κ2) is 9.25. The number of carbonyl (C=O) groups excluding carboxylic acids is 1. The second-order valence-electron chi connectivity index (χ2n) is 13.7. The Kier molecular flexibility index (Phi) is 6.61. The van der Waals surface area contributed by atoms with Crippen LogP contribution in [0.4, 0.5) is 0 Å². The number of aliphatic hydroxyl groups excluding tert-OH is 1. The Bertz CT molecular complexity index is 983. The van der Waals surface area contributed by atoms with E-state index in [4.69, 9.17) is 18.9 Å². The molecule has 0 bridgehead atoms. The first-order valence-electron chi connectivity index (χ1n) is 14.8. The van der Waals surface area contributed by atoms with Gasteiger partial charge in [-0.2, -0.15) is 0 Å². The molecule has 8 heteroatoms. The molecule has 2 aliphatic heterocycles. The van der Waals surface area contributed by atoms with Crippen molar-refractivity contribution in [2.75, 3.05) is 13.7 Å². The minimum atomic E-state index is -1.22. The zero-order valence-electron chi connectivity index (χ0n) is 23.4. The summed E-state index contributed by atoms with van der Waals surface area (Å²) >= 11 is 0. The molecule has 6 aliphatic rings. The molecule has 0 aromatic carbocycles. The Hall–Kier alpha value is -1.03. The molecule has 4 saturated carbocycles. The number of esters is 1. The summed E-state index contributed by atoms with van der Waals surface area (Å²) in [5.41, 5.74) is -2.32. The average Bonchev–Trinajstić information content (AvgIpc) is 3.42. The van der Waals surface area contributed by atoms with Crippen LogP contribution in [0.3, 0.4) is 0 Å². The molecule has 0 unspecified atom stereocenters. The molecule has 0 aromatic heterocycles. The number of hydrogen-bond donors (Lipinski definition) is 3. The molecular formula is C30H46O8. The number of carbonyl (C=O) groups is 1. The highest BCUT2D eigenvalue weighted by molar-refractivity contribution is 5.91. The first-order valence-corrected chi connectivity index (χ1v) is 14.8. The zero-order valence-corrected chi connectivity index (χ0v) is 23.4. The van der Waals surface area contributed by atoms with Crippen LogP contribution in [0.2, 0.25) is 0 Å². The summed E-state index contributed by atoms with van der Waals surface area (Å²) in [6.07, 6.45) is 7.79. The van der Waals surface area contributed by atoms with E-state index >= 15 is 0 Å². The van der Waals surface area contributed by atoms with Crippen molar-refractivity contribution in [2.24, 2.45) is 28.6 Å². The van der Waals surface area contributed by atoms with E-state index in [0.717, 1.165) is 38.5 Å². The fourth-order valence-electron chi connectivity index (χ4n) is 10.1. The monoisotopic (exact) mass is 534 g/mol. The van der Waals surface area contributed by atoms with Crippen molar-refractivity contribution in [2.45, 2.75) is 127 Å². The van der Waals surface area contributed by atoms with Crippen molar-refractivity contribution < 1.29 is 39.1 Å². The molecule has 0 amide bonds. The smallest absolute Gasteiger partial charge is 0.334 e. The van der Waals surface area contributed by atoms with Crippen LogP contribution in [0.1, 0.15) is 85.0 Å². The van der Waals surface area contributed by atoms with Crippen LogP contribution < -0.4 is 0 Å². The molecule has 0 spiro atoms. The Morgan fingerprint density at radius 2 is 1.82 bits per heavy atom. The van der Waals surface area contributed by atoms with Crippen LogP contribution in [0, 0.1) is 28.6 Å². The van der Waals surface area contributed by atoms with E-state index in [2.05, 4.69) is 13.8 Å². The molecule has 6 rings (SSSR count). The molecule has 1 saturated heterocycles. The van der Waals surface area contributed by atoms with Crippen LogP contribution in [-0.2, 0) is 23.7 Å². The fraction of sp³-hybridized carbons (Fsp3) is 0.900. The van der Waals surface area contributed by atoms with Gasteiger partial charge >= 0.3 is 5.97 Å². The lowest BCUT2D eigenvalue weighted by Crippen LogP contribution is -2.73. The third-order valence-corrected chi connectivity index (χ3v) is 12.3. The second-order valence-corrected chi connectivity index (χ2v) is 13.7. The van der Waals surface area contributed by atoms with Crippen molar-refractivity contribution in [1.29, 1.82) is 0 Å². The molecular weight excluding hydrogens is 488 g/mol. The number of hydrogen-bond acceptors (Lipinski definition) is 8. The highest BCUT2D eigenvalue weighted by Gasteiger charge is 2.74. The Morgan fingerprint density at radius 3 is 2.53 bits per heavy atom. The van der Waals surface area contributed by atoms with Gasteiger partial charge in [-0.3, -0.25) is 0 Å². The number of ether oxygens (including phenoxy) is 4. The summed E-state index contributed by atoms with van der Waals surface area (Å²) in [7, 11) is 1.62. The Balaban J connectivity index is 1.18. The van der Waals surface area contributed by atoms with Crippen LogP contribution >= 0.6 is 0 Å². The maximum Gasteiger partial charge on any atom is 0.334 e. The van der Waals surface area contributed by atoms with Crippen LogP contribution in [0.5, 0.6) is 0 Å². The molecule has 214 valence electrons. The van der Waals surface area contributed by atoms with Gasteiger partial charge in [-0.15, -0.1) is 0 Å². The van der Waals surface area contributed by atoms with Gasteiger partial charge in [-0.05, 0) is 94.0 Å². The van der Waals surface area contributed by atoms with Gasteiger partial charge in [0.25, 0.3) is 0 Å². The number of methoxy groups -OCH3 is 1. The van der Waals surface area contributed by atoms with Crippen molar-refractivity contribution in [3.8, 4) is 0 Å². The van der Waals surface area contributed by atoms with Crippen LogP contribution in [-0.4, -0.2) is 76.9 Å². The van der Waals surface area contributed by atoms with Crippen molar-refractivity contribution in [3.63, 3.8) is 0 Å². The summed E-state index contributed by atoms with van der Waals surface area (Å²) in [5.74, 6) is 0.0738. The largest absolute Gasteiger partial charge is 0.458 e. The van der Waals surface area contributed by atoms with Crippen molar-refractivity contribution in [1.82, 2.24) is 0 Å². The normalized spacial score (nSPS) is 54.5. The maximum atomic E-state index is 12.5. The molecule has 4 aliphatic carbocycles. The summed E-state index contributed by atoms with van der Waals surface area (Å²) < 4.78 is 23.1. The fourth-order valence-corrected chi connectivity index (χ4v) is 10.1. The van der Waals surface area contributed by atoms with Gasteiger partial charge in [0, 0.05) is 24.5 Å². The topological polar surface area (TPSA) is 115 Å². The number of fused-ring (bicyclic) bond motifs is 5. The third-order valence-electron chi connectivity index (χ3n) is 12.3. The zero-order chi connectivity index (χ0) is 27.1. The molecule has 38 heavy (non-hydrogen) atoms. The average molecular weight is 535 g/mol. The highest BCUT2D eigenvalue weighted by Crippen LogP contribution is 2.71. The van der Waals surface area contributed by atoms with Crippen molar-refractivity contribution >= 4 is 5.97 Å².